The summed E-state index contributed by atoms with van der Waals surface area (Å²) in [6.07, 6.45) is 0. The monoisotopic (exact) mass is 349 g/mol. The molecule has 9 heteroatoms. The van der Waals surface area contributed by atoms with Gasteiger partial charge in [-0.1, -0.05) is 5.16 Å². The number of nitrogens with zero attached hydrogens (tertiary/aromatic N) is 1. The van der Waals surface area contributed by atoms with Gasteiger partial charge in [-0.15, -0.1) is 0 Å². The van der Waals surface area contributed by atoms with E-state index in [4.69, 9.17) is 10.3 Å². The van der Waals surface area contributed by atoms with Crippen LogP contribution in [0.2, 0.25) is 0 Å². The van der Waals surface area contributed by atoms with Gasteiger partial charge in [-0.25, -0.2) is 12.8 Å². The molecule has 0 atom stereocenters. The zero-order valence-corrected chi connectivity index (χ0v) is 12.0. The fourth-order valence-electron chi connectivity index (χ4n) is 1.36. The fourth-order valence-corrected chi connectivity index (χ4v) is 2.75. The predicted octanol–water partition coefficient (Wildman–Crippen LogP) is 2.27. The second-order valence-electron chi connectivity index (χ2n) is 3.73. The molecule has 0 aliphatic rings. The summed E-state index contributed by atoms with van der Waals surface area (Å²) < 4.78 is 44.8. The topological polar surface area (TPSA) is 98.2 Å². The molecule has 0 bridgehead atoms. The molecule has 0 aliphatic heterocycles. The Morgan fingerprint density at radius 1 is 1.42 bits per heavy atom. The molecule has 102 valence electrons. The molecule has 0 spiro atoms. The Kier molecular flexibility index (Phi) is 3.50. The smallest absolute Gasteiger partial charge is 0.266 e. The Labute approximate surface area is 117 Å². The summed E-state index contributed by atoms with van der Waals surface area (Å²) in [5, 5.41) is 3.47. The first-order chi connectivity index (χ1) is 8.79. The van der Waals surface area contributed by atoms with Crippen LogP contribution in [0.25, 0.3) is 0 Å². The highest BCUT2D eigenvalue weighted by molar-refractivity contribution is 9.10. The van der Waals surface area contributed by atoms with E-state index in [1.54, 1.807) is 6.92 Å². The maximum absolute atomic E-state index is 13.7. The van der Waals surface area contributed by atoms with Crippen molar-refractivity contribution in [2.75, 3.05) is 10.5 Å². The standard InChI is InChI=1S/C10H9BrFN3O3S/c1-5-2-10(14-18-5)15-19(16,17)9-4-8(13)6(11)3-7(9)12/h2-4H,13H2,1H3,(H,14,15). The van der Waals surface area contributed by atoms with Crippen LogP contribution in [0.3, 0.4) is 0 Å². The van der Waals surface area contributed by atoms with Gasteiger partial charge >= 0.3 is 0 Å². The minimum atomic E-state index is -4.12. The van der Waals surface area contributed by atoms with Gasteiger partial charge in [-0.3, -0.25) is 4.72 Å². The third-order valence-electron chi connectivity index (χ3n) is 2.21. The molecule has 0 fully saturated rings. The van der Waals surface area contributed by atoms with Crippen LogP contribution in [0, 0.1) is 12.7 Å². The molecule has 1 heterocycles. The largest absolute Gasteiger partial charge is 0.398 e. The lowest BCUT2D eigenvalue weighted by atomic mass is 10.3. The van der Waals surface area contributed by atoms with Gasteiger partial charge in [0.1, 0.15) is 16.5 Å². The van der Waals surface area contributed by atoms with Crippen molar-refractivity contribution in [1.29, 1.82) is 0 Å². The van der Waals surface area contributed by atoms with Gasteiger partial charge in [-0.2, -0.15) is 0 Å². The summed E-state index contributed by atoms with van der Waals surface area (Å²) in [6.45, 7) is 1.60. The number of hydrogen-bond donors (Lipinski definition) is 2. The highest BCUT2D eigenvalue weighted by atomic mass is 79.9. The lowest BCUT2D eigenvalue weighted by Gasteiger charge is -2.08. The number of anilines is 2. The average molecular weight is 350 g/mol. The molecule has 2 aromatic rings. The van der Waals surface area contributed by atoms with Crippen molar-refractivity contribution in [2.24, 2.45) is 0 Å². The second-order valence-corrected chi connectivity index (χ2v) is 6.24. The molecule has 6 nitrogen and oxygen atoms in total. The van der Waals surface area contributed by atoms with Crippen molar-refractivity contribution in [1.82, 2.24) is 5.16 Å². The van der Waals surface area contributed by atoms with Gasteiger partial charge in [0.15, 0.2) is 5.82 Å². The van der Waals surface area contributed by atoms with Crippen molar-refractivity contribution in [2.45, 2.75) is 11.8 Å². The van der Waals surface area contributed by atoms with Gasteiger partial charge in [0.2, 0.25) is 0 Å². The van der Waals surface area contributed by atoms with Gasteiger partial charge in [0, 0.05) is 16.2 Å². The number of nitrogen functional groups attached to an aromatic ring is 1. The van der Waals surface area contributed by atoms with Crippen LogP contribution < -0.4 is 10.5 Å². The molecule has 1 aromatic heterocycles. The SMILES string of the molecule is Cc1cc(NS(=O)(=O)c2cc(N)c(Br)cc2F)no1. The van der Waals surface area contributed by atoms with E-state index < -0.39 is 20.7 Å². The van der Waals surface area contributed by atoms with E-state index in [0.717, 1.165) is 12.1 Å². The van der Waals surface area contributed by atoms with Crippen molar-refractivity contribution < 1.29 is 17.3 Å². The second kappa shape index (κ2) is 4.82. The van der Waals surface area contributed by atoms with Crippen LogP contribution in [-0.2, 0) is 10.0 Å². The van der Waals surface area contributed by atoms with E-state index in [2.05, 4.69) is 25.8 Å². The normalized spacial score (nSPS) is 11.5. The first-order valence-corrected chi connectivity index (χ1v) is 7.28. The van der Waals surface area contributed by atoms with E-state index >= 15 is 0 Å². The quantitative estimate of drug-likeness (QED) is 0.828. The zero-order valence-electron chi connectivity index (χ0n) is 9.65. The Bertz CT molecular complexity index is 730. The maximum Gasteiger partial charge on any atom is 0.266 e. The van der Waals surface area contributed by atoms with E-state index in [-0.39, 0.29) is 16.0 Å². The van der Waals surface area contributed by atoms with Crippen LogP contribution in [-0.4, -0.2) is 13.6 Å². The van der Waals surface area contributed by atoms with E-state index in [9.17, 15) is 12.8 Å². The fraction of sp³-hybridized carbons (Fsp3) is 0.100. The van der Waals surface area contributed by atoms with Gasteiger partial charge in [0.05, 0.1) is 0 Å². The van der Waals surface area contributed by atoms with Gasteiger partial charge in [-0.05, 0) is 35.0 Å². The third kappa shape index (κ3) is 2.87. The first kappa shape index (κ1) is 13.8. The number of benzene rings is 1. The molecule has 0 radical (unpaired) electrons. The molecule has 0 unspecified atom stereocenters. The average Bonchev–Trinajstić information content (AvgIpc) is 2.68. The van der Waals surface area contributed by atoms with E-state index in [0.29, 0.717) is 5.76 Å². The van der Waals surface area contributed by atoms with Crippen molar-refractivity contribution >= 4 is 37.5 Å². The molecule has 0 amide bonds. The summed E-state index contributed by atoms with van der Waals surface area (Å²) in [5.41, 5.74) is 5.65. The minimum Gasteiger partial charge on any atom is -0.398 e. The lowest BCUT2D eigenvalue weighted by Crippen LogP contribution is -2.15. The molecular weight excluding hydrogens is 341 g/mol. The number of nitrogens with one attached hydrogen (secondary N) is 1. The third-order valence-corrected chi connectivity index (χ3v) is 4.26. The highest BCUT2D eigenvalue weighted by Gasteiger charge is 2.22. The molecular formula is C10H9BrFN3O3S. The lowest BCUT2D eigenvalue weighted by molar-refractivity contribution is 0.400. The highest BCUT2D eigenvalue weighted by Crippen LogP contribution is 2.27. The van der Waals surface area contributed by atoms with Crippen molar-refractivity contribution in [3.8, 4) is 0 Å². The van der Waals surface area contributed by atoms with Crippen LogP contribution in [0.1, 0.15) is 5.76 Å². The summed E-state index contributed by atoms with van der Waals surface area (Å²) in [4.78, 5) is -0.561. The summed E-state index contributed by atoms with van der Waals surface area (Å²) in [5.74, 6) is -0.527. The predicted molar refractivity (Wildman–Crippen MR) is 70.6 cm³/mol. The number of nitrogens with two attached hydrogens (primary N) is 1. The molecule has 19 heavy (non-hydrogen) atoms. The number of aryl methyl sites for hydroxylation is 1. The Morgan fingerprint density at radius 2 is 2.11 bits per heavy atom. The Balaban J connectivity index is 2.42. The summed E-state index contributed by atoms with van der Waals surface area (Å²) in [6, 6.07) is 3.38. The number of aromatic nitrogens is 1. The first-order valence-electron chi connectivity index (χ1n) is 5.00. The number of hydrogen-bond acceptors (Lipinski definition) is 5. The molecule has 1 aromatic carbocycles. The van der Waals surface area contributed by atoms with Crippen molar-refractivity contribution in [3.63, 3.8) is 0 Å². The van der Waals surface area contributed by atoms with Gasteiger partial charge in [0.25, 0.3) is 10.0 Å². The van der Waals surface area contributed by atoms with Crippen LogP contribution in [0.15, 0.2) is 32.1 Å². The van der Waals surface area contributed by atoms with E-state index in [1.807, 2.05) is 0 Å². The number of rotatable bonds is 3. The molecule has 0 saturated heterocycles. The number of sulfonamides is 1. The van der Waals surface area contributed by atoms with Crippen molar-refractivity contribution in [3.05, 3.63) is 34.2 Å². The van der Waals surface area contributed by atoms with Crippen LogP contribution in [0.5, 0.6) is 0 Å². The zero-order chi connectivity index (χ0) is 14.2. The molecule has 2 rings (SSSR count). The Morgan fingerprint density at radius 3 is 2.68 bits per heavy atom. The molecule has 3 N–H and O–H groups in total. The van der Waals surface area contributed by atoms with E-state index in [1.165, 1.54) is 6.07 Å². The number of halogens is 2. The molecule has 0 aliphatic carbocycles. The maximum atomic E-state index is 13.7. The minimum absolute atomic E-state index is 0.0293. The molecule has 0 saturated carbocycles. The summed E-state index contributed by atoms with van der Waals surface area (Å²) in [7, 11) is -4.12. The van der Waals surface area contributed by atoms with Gasteiger partial charge < -0.3 is 10.3 Å². The van der Waals surface area contributed by atoms with Crippen LogP contribution in [0.4, 0.5) is 15.9 Å². The summed E-state index contributed by atoms with van der Waals surface area (Å²) >= 11 is 3.01. The van der Waals surface area contributed by atoms with Crippen LogP contribution >= 0.6 is 15.9 Å². The Hall–Kier alpha value is -1.61.